The van der Waals surface area contributed by atoms with Crippen molar-refractivity contribution in [1.29, 1.82) is 0 Å². The Labute approximate surface area is 132 Å². The summed E-state index contributed by atoms with van der Waals surface area (Å²) in [5.74, 6) is 0.901. The summed E-state index contributed by atoms with van der Waals surface area (Å²) in [6.45, 7) is 1.27. The van der Waals surface area contributed by atoms with Crippen molar-refractivity contribution in [3.8, 4) is 0 Å². The summed E-state index contributed by atoms with van der Waals surface area (Å²) in [7, 11) is 0. The monoisotopic (exact) mass is 328 g/mol. The topological polar surface area (TPSA) is 48.2 Å². The van der Waals surface area contributed by atoms with Gasteiger partial charge in [-0.05, 0) is 38.5 Å². The van der Waals surface area contributed by atoms with E-state index >= 15 is 0 Å². The van der Waals surface area contributed by atoms with E-state index in [-0.39, 0.29) is 19.3 Å². The zero-order valence-corrected chi connectivity index (χ0v) is 12.8. The second kappa shape index (κ2) is 5.06. The van der Waals surface area contributed by atoms with Gasteiger partial charge in [0.05, 0.1) is 18.6 Å². The van der Waals surface area contributed by atoms with E-state index in [1.54, 1.807) is 0 Å². The van der Waals surface area contributed by atoms with Crippen LogP contribution in [0.1, 0.15) is 56.7 Å². The highest BCUT2D eigenvalue weighted by atomic mass is 19.4. The summed E-state index contributed by atoms with van der Waals surface area (Å²) in [6.07, 6.45) is 0.806. The molecule has 0 radical (unpaired) electrons. The molecule has 0 saturated heterocycles. The highest BCUT2D eigenvalue weighted by Gasteiger charge is 2.67. The first-order chi connectivity index (χ1) is 10.9. The van der Waals surface area contributed by atoms with E-state index in [4.69, 9.17) is 9.26 Å². The summed E-state index contributed by atoms with van der Waals surface area (Å²) < 4.78 is 50.9. The second-order valence-electron chi connectivity index (χ2n) is 7.04. The Morgan fingerprint density at radius 1 is 1.09 bits per heavy atom. The average molecular weight is 328 g/mol. The molecule has 0 amide bonds. The number of hydrogen-bond acceptors (Lipinski definition) is 4. The minimum atomic E-state index is -4.14. The van der Waals surface area contributed by atoms with E-state index in [0.717, 1.165) is 12.0 Å². The van der Waals surface area contributed by atoms with Crippen LogP contribution in [0.4, 0.5) is 13.2 Å². The molecular weight excluding hydrogens is 309 g/mol. The average Bonchev–Trinajstić information content (AvgIpc) is 3.17. The van der Waals surface area contributed by atoms with Crippen LogP contribution in [0.15, 0.2) is 10.6 Å². The van der Waals surface area contributed by atoms with Crippen molar-refractivity contribution in [2.45, 2.75) is 56.5 Å². The van der Waals surface area contributed by atoms with Crippen molar-refractivity contribution >= 4 is 5.57 Å². The highest BCUT2D eigenvalue weighted by molar-refractivity contribution is 5.58. The Bertz CT molecular complexity index is 628. The smallest absolute Gasteiger partial charge is 0.381 e. The van der Waals surface area contributed by atoms with Gasteiger partial charge in [0.15, 0.2) is 5.82 Å². The van der Waals surface area contributed by atoms with Gasteiger partial charge in [0.1, 0.15) is 0 Å². The maximum atomic E-state index is 13.4. The second-order valence-corrected chi connectivity index (χ2v) is 7.04. The Kier molecular flexibility index (Phi) is 3.34. The lowest BCUT2D eigenvalue weighted by Crippen LogP contribution is -2.33. The molecule has 0 spiro atoms. The normalized spacial score (nSPS) is 34.5. The minimum Gasteiger partial charge on any atom is -0.381 e. The lowest BCUT2D eigenvalue weighted by Gasteiger charge is -2.29. The third-order valence-electron chi connectivity index (χ3n) is 5.79. The maximum Gasteiger partial charge on any atom is 0.394 e. The predicted octanol–water partition coefficient (Wildman–Crippen LogP) is 4.03. The van der Waals surface area contributed by atoms with Gasteiger partial charge in [-0.3, -0.25) is 0 Å². The number of aromatic nitrogens is 2. The predicted molar refractivity (Wildman–Crippen MR) is 75.6 cm³/mol. The van der Waals surface area contributed by atoms with Gasteiger partial charge in [-0.1, -0.05) is 11.2 Å². The molecule has 3 aliphatic rings. The van der Waals surface area contributed by atoms with Gasteiger partial charge in [-0.15, -0.1) is 0 Å². The lowest BCUT2D eigenvalue weighted by molar-refractivity contribution is -0.220. The molecule has 4 rings (SSSR count). The SMILES string of the molecule is FC(F)(F)C12CCC(c3noc(C4=CCCOCC4)n3)(CC1)C2. The molecule has 0 unspecified atom stereocenters. The Morgan fingerprint density at radius 2 is 1.87 bits per heavy atom. The van der Waals surface area contributed by atoms with Crippen LogP contribution in [0.3, 0.4) is 0 Å². The van der Waals surface area contributed by atoms with Crippen LogP contribution in [0, 0.1) is 5.41 Å². The van der Waals surface area contributed by atoms with Crippen LogP contribution < -0.4 is 0 Å². The molecule has 4 nitrogen and oxygen atoms in total. The zero-order valence-electron chi connectivity index (χ0n) is 12.8. The summed E-state index contributed by atoms with van der Waals surface area (Å²) in [4.78, 5) is 4.47. The number of nitrogens with zero attached hydrogens (tertiary/aromatic N) is 2. The molecule has 1 aromatic rings. The Hall–Kier alpha value is -1.37. The quantitative estimate of drug-likeness (QED) is 0.822. The first kappa shape index (κ1) is 15.2. The van der Waals surface area contributed by atoms with Gasteiger partial charge in [0.25, 0.3) is 5.89 Å². The third kappa shape index (κ3) is 2.31. The molecule has 2 fully saturated rings. The Balaban J connectivity index is 1.60. The summed E-state index contributed by atoms with van der Waals surface area (Å²) in [6, 6.07) is 0. The largest absolute Gasteiger partial charge is 0.394 e. The number of hydrogen-bond donors (Lipinski definition) is 0. The molecule has 0 atom stereocenters. The fourth-order valence-electron chi connectivity index (χ4n) is 4.36. The molecule has 2 heterocycles. The van der Waals surface area contributed by atoms with E-state index in [9.17, 15) is 13.2 Å². The van der Waals surface area contributed by atoms with Crippen LogP contribution in [0.2, 0.25) is 0 Å². The molecule has 126 valence electrons. The maximum absolute atomic E-state index is 13.4. The van der Waals surface area contributed by atoms with Gasteiger partial charge in [0.2, 0.25) is 0 Å². The first-order valence-corrected chi connectivity index (χ1v) is 8.12. The summed E-state index contributed by atoms with van der Waals surface area (Å²) in [5, 5.41) is 4.05. The van der Waals surface area contributed by atoms with Gasteiger partial charge in [0, 0.05) is 17.4 Å². The highest BCUT2D eigenvalue weighted by Crippen LogP contribution is 2.67. The summed E-state index contributed by atoms with van der Waals surface area (Å²) in [5.41, 5.74) is -1.15. The fraction of sp³-hybridized carbons (Fsp3) is 0.750. The van der Waals surface area contributed by atoms with Crippen molar-refractivity contribution in [3.63, 3.8) is 0 Å². The van der Waals surface area contributed by atoms with Crippen molar-refractivity contribution in [2.24, 2.45) is 5.41 Å². The molecule has 7 heteroatoms. The number of fused-ring (bicyclic) bond motifs is 2. The molecule has 0 aromatic carbocycles. The van der Waals surface area contributed by atoms with Gasteiger partial charge >= 0.3 is 6.18 Å². The van der Waals surface area contributed by atoms with Crippen LogP contribution in [0.25, 0.3) is 5.57 Å². The number of alkyl halides is 3. The van der Waals surface area contributed by atoms with Crippen molar-refractivity contribution < 1.29 is 22.4 Å². The van der Waals surface area contributed by atoms with E-state index < -0.39 is 17.0 Å². The van der Waals surface area contributed by atoms with Crippen molar-refractivity contribution in [1.82, 2.24) is 10.1 Å². The molecular formula is C16H19F3N2O2. The van der Waals surface area contributed by atoms with E-state index in [0.29, 0.717) is 44.2 Å². The molecule has 23 heavy (non-hydrogen) atoms. The van der Waals surface area contributed by atoms with Crippen molar-refractivity contribution in [3.05, 3.63) is 17.8 Å². The number of rotatable bonds is 2. The molecule has 1 aromatic heterocycles. The van der Waals surface area contributed by atoms with Crippen LogP contribution in [0.5, 0.6) is 0 Å². The van der Waals surface area contributed by atoms with E-state index in [1.807, 2.05) is 6.08 Å². The number of ether oxygens (including phenoxy) is 1. The fourth-order valence-corrected chi connectivity index (χ4v) is 4.36. The van der Waals surface area contributed by atoms with Crippen molar-refractivity contribution in [2.75, 3.05) is 13.2 Å². The van der Waals surface area contributed by atoms with Gasteiger partial charge < -0.3 is 9.26 Å². The lowest BCUT2D eigenvalue weighted by atomic mass is 9.81. The standard InChI is InChI=1S/C16H19F3N2O2/c17-16(18,19)15-6-4-14(10-15,5-7-15)13-20-12(23-21-13)11-2-1-8-22-9-3-11/h2H,1,3-10H2. The third-order valence-corrected chi connectivity index (χ3v) is 5.79. The van der Waals surface area contributed by atoms with Gasteiger partial charge in [-0.2, -0.15) is 18.2 Å². The molecule has 2 saturated carbocycles. The summed E-state index contributed by atoms with van der Waals surface area (Å²) >= 11 is 0. The van der Waals surface area contributed by atoms with Crippen LogP contribution >= 0.6 is 0 Å². The van der Waals surface area contributed by atoms with Crippen LogP contribution in [-0.4, -0.2) is 29.5 Å². The molecule has 2 aliphatic carbocycles. The van der Waals surface area contributed by atoms with E-state index in [2.05, 4.69) is 10.1 Å². The van der Waals surface area contributed by atoms with E-state index in [1.165, 1.54) is 0 Å². The molecule has 0 N–H and O–H groups in total. The first-order valence-electron chi connectivity index (χ1n) is 8.12. The van der Waals surface area contributed by atoms with Gasteiger partial charge in [-0.25, -0.2) is 0 Å². The number of halogens is 3. The molecule has 2 bridgehead atoms. The minimum absolute atomic E-state index is 0.102. The molecule has 1 aliphatic heterocycles. The Morgan fingerprint density at radius 3 is 2.57 bits per heavy atom. The van der Waals surface area contributed by atoms with Crippen LogP contribution in [-0.2, 0) is 10.2 Å². The zero-order chi connectivity index (χ0) is 16.1.